The van der Waals surface area contributed by atoms with Gasteiger partial charge in [0, 0.05) is 12.1 Å². The Morgan fingerprint density at radius 3 is 2.74 bits per heavy atom. The van der Waals surface area contributed by atoms with Crippen molar-refractivity contribution in [3.05, 3.63) is 53.8 Å². The molecule has 1 aliphatic heterocycles. The van der Waals surface area contributed by atoms with Crippen molar-refractivity contribution in [2.45, 2.75) is 13.3 Å². The van der Waals surface area contributed by atoms with Crippen LogP contribution in [-0.4, -0.2) is 12.5 Å². The molecule has 19 heavy (non-hydrogen) atoms. The molecule has 0 fully saturated rings. The first kappa shape index (κ1) is 11.9. The van der Waals surface area contributed by atoms with Crippen LogP contribution in [0.15, 0.2) is 42.5 Å². The minimum absolute atomic E-state index is 0.0558. The smallest absolute Gasteiger partial charge is 0.231 e. The Labute approximate surface area is 111 Å². The van der Waals surface area contributed by atoms with Crippen LogP contribution < -0.4 is 4.90 Å². The molecular formula is C16H14FNO. The lowest BCUT2D eigenvalue weighted by atomic mass is 9.98. The van der Waals surface area contributed by atoms with E-state index >= 15 is 0 Å². The zero-order valence-electron chi connectivity index (χ0n) is 10.7. The number of rotatable bonds is 1. The highest BCUT2D eigenvalue weighted by Crippen LogP contribution is 2.36. The number of carbonyl (C=O) groups excluding carboxylic acids is 1. The first-order chi connectivity index (χ1) is 9.20. The van der Waals surface area contributed by atoms with E-state index < -0.39 is 0 Å². The second kappa shape index (κ2) is 4.50. The third-order valence-electron chi connectivity index (χ3n) is 3.52. The number of fused-ring (bicyclic) bond motifs is 3. The highest BCUT2D eigenvalue weighted by Gasteiger charge is 2.24. The molecule has 3 heteroatoms. The summed E-state index contributed by atoms with van der Waals surface area (Å²) < 4.78 is 13.5. The molecule has 2 nitrogen and oxygen atoms in total. The van der Waals surface area contributed by atoms with Crippen LogP contribution in [0.2, 0.25) is 0 Å². The average molecular weight is 255 g/mol. The molecule has 0 spiro atoms. The van der Waals surface area contributed by atoms with Gasteiger partial charge in [0.1, 0.15) is 5.82 Å². The molecule has 0 radical (unpaired) electrons. The molecule has 0 N–H and O–H groups in total. The van der Waals surface area contributed by atoms with E-state index in [9.17, 15) is 9.18 Å². The minimum atomic E-state index is -0.272. The van der Waals surface area contributed by atoms with Gasteiger partial charge < -0.3 is 4.90 Å². The fourth-order valence-corrected chi connectivity index (χ4v) is 2.63. The minimum Gasteiger partial charge on any atom is -0.312 e. The maximum absolute atomic E-state index is 13.5. The first-order valence-electron chi connectivity index (χ1n) is 6.39. The van der Waals surface area contributed by atoms with Gasteiger partial charge in [-0.2, -0.15) is 0 Å². The SMILES string of the molecule is CCN1C(=O)Cc2ccc(F)cc2-c2ccccc21. The fraction of sp³-hybridized carbons (Fsp3) is 0.188. The lowest BCUT2D eigenvalue weighted by Crippen LogP contribution is -2.31. The van der Waals surface area contributed by atoms with E-state index in [0.717, 1.165) is 22.4 Å². The van der Waals surface area contributed by atoms with Crippen LogP contribution >= 0.6 is 0 Å². The van der Waals surface area contributed by atoms with Gasteiger partial charge in [0.15, 0.2) is 0 Å². The largest absolute Gasteiger partial charge is 0.312 e. The summed E-state index contributed by atoms with van der Waals surface area (Å²) in [5.41, 5.74) is 3.48. The summed E-state index contributed by atoms with van der Waals surface area (Å²) in [6.07, 6.45) is 0.318. The number of halogens is 1. The van der Waals surface area contributed by atoms with Crippen molar-refractivity contribution in [3.8, 4) is 11.1 Å². The maximum atomic E-state index is 13.5. The van der Waals surface area contributed by atoms with Crippen LogP contribution in [0.4, 0.5) is 10.1 Å². The zero-order chi connectivity index (χ0) is 13.4. The van der Waals surface area contributed by atoms with Crippen molar-refractivity contribution in [1.29, 1.82) is 0 Å². The monoisotopic (exact) mass is 255 g/mol. The third-order valence-corrected chi connectivity index (χ3v) is 3.52. The first-order valence-corrected chi connectivity index (χ1v) is 6.39. The standard InChI is InChI=1S/C16H14FNO/c1-2-18-15-6-4-3-5-13(15)14-10-12(17)8-7-11(14)9-16(18)19/h3-8,10H,2,9H2,1H3. The van der Waals surface area contributed by atoms with Gasteiger partial charge in [0.2, 0.25) is 5.91 Å². The lowest BCUT2D eigenvalue weighted by Gasteiger charge is -2.21. The Bertz CT molecular complexity index is 651. The van der Waals surface area contributed by atoms with Crippen LogP contribution in [0.1, 0.15) is 12.5 Å². The van der Waals surface area contributed by atoms with E-state index in [1.807, 2.05) is 31.2 Å². The molecule has 1 heterocycles. The van der Waals surface area contributed by atoms with Crippen molar-refractivity contribution < 1.29 is 9.18 Å². The Hall–Kier alpha value is -2.16. The third kappa shape index (κ3) is 1.91. The second-order valence-electron chi connectivity index (χ2n) is 4.63. The van der Waals surface area contributed by atoms with Crippen LogP contribution in [0.3, 0.4) is 0 Å². The van der Waals surface area contributed by atoms with Gasteiger partial charge in [-0.15, -0.1) is 0 Å². The number of nitrogens with zero attached hydrogens (tertiary/aromatic N) is 1. The summed E-state index contributed by atoms with van der Waals surface area (Å²) in [6.45, 7) is 2.57. The van der Waals surface area contributed by atoms with Gasteiger partial charge in [-0.25, -0.2) is 4.39 Å². The number of carbonyl (C=O) groups is 1. The van der Waals surface area contributed by atoms with E-state index in [0.29, 0.717) is 13.0 Å². The molecule has 3 rings (SSSR count). The molecule has 2 aromatic rings. The van der Waals surface area contributed by atoms with E-state index in [2.05, 4.69) is 0 Å². The van der Waals surface area contributed by atoms with Crippen LogP contribution in [-0.2, 0) is 11.2 Å². The normalized spacial score (nSPS) is 13.8. The van der Waals surface area contributed by atoms with Gasteiger partial charge in [-0.1, -0.05) is 24.3 Å². The molecule has 0 aliphatic carbocycles. The molecule has 1 amide bonds. The second-order valence-corrected chi connectivity index (χ2v) is 4.63. The Kier molecular flexibility index (Phi) is 2.82. The number of benzene rings is 2. The molecule has 0 atom stereocenters. The predicted octanol–water partition coefficient (Wildman–Crippen LogP) is 3.40. The molecule has 2 aromatic carbocycles. The summed E-state index contributed by atoms with van der Waals surface area (Å²) in [6, 6.07) is 12.3. The van der Waals surface area contributed by atoms with E-state index in [4.69, 9.17) is 0 Å². The summed E-state index contributed by atoms with van der Waals surface area (Å²) in [7, 11) is 0. The molecule has 0 bridgehead atoms. The van der Waals surface area contributed by atoms with Crippen molar-refractivity contribution in [2.75, 3.05) is 11.4 Å². The molecule has 96 valence electrons. The number of anilines is 1. The predicted molar refractivity (Wildman–Crippen MR) is 73.6 cm³/mol. The average Bonchev–Trinajstić information content (AvgIpc) is 2.53. The van der Waals surface area contributed by atoms with Crippen molar-refractivity contribution in [3.63, 3.8) is 0 Å². The van der Waals surface area contributed by atoms with Crippen molar-refractivity contribution in [1.82, 2.24) is 0 Å². The summed E-state index contributed by atoms with van der Waals surface area (Å²) in [5.74, 6) is -0.216. The maximum Gasteiger partial charge on any atom is 0.231 e. The Balaban J connectivity index is 2.30. The van der Waals surface area contributed by atoms with E-state index in [1.54, 1.807) is 11.0 Å². The summed E-state index contributed by atoms with van der Waals surface area (Å²) in [4.78, 5) is 14.0. The summed E-state index contributed by atoms with van der Waals surface area (Å²) in [5, 5.41) is 0. The van der Waals surface area contributed by atoms with Crippen LogP contribution in [0.5, 0.6) is 0 Å². The van der Waals surface area contributed by atoms with Gasteiger partial charge in [0.05, 0.1) is 12.1 Å². The van der Waals surface area contributed by atoms with Crippen molar-refractivity contribution >= 4 is 11.6 Å². The van der Waals surface area contributed by atoms with Gasteiger partial charge in [-0.05, 0) is 36.2 Å². The quantitative estimate of drug-likeness (QED) is 0.764. The molecule has 0 saturated heterocycles. The Morgan fingerprint density at radius 2 is 1.95 bits per heavy atom. The molecule has 0 saturated carbocycles. The van der Waals surface area contributed by atoms with Gasteiger partial charge in [-0.3, -0.25) is 4.79 Å². The topological polar surface area (TPSA) is 20.3 Å². The highest BCUT2D eigenvalue weighted by molar-refractivity contribution is 6.02. The van der Waals surface area contributed by atoms with E-state index in [1.165, 1.54) is 12.1 Å². The zero-order valence-corrected chi connectivity index (χ0v) is 10.7. The van der Waals surface area contributed by atoms with Gasteiger partial charge in [0.25, 0.3) is 0 Å². The molecule has 0 unspecified atom stereocenters. The lowest BCUT2D eigenvalue weighted by molar-refractivity contribution is -0.117. The van der Waals surface area contributed by atoms with Crippen molar-refractivity contribution in [2.24, 2.45) is 0 Å². The van der Waals surface area contributed by atoms with Gasteiger partial charge >= 0.3 is 0 Å². The number of para-hydroxylation sites is 1. The molecular weight excluding hydrogens is 241 g/mol. The highest BCUT2D eigenvalue weighted by atomic mass is 19.1. The summed E-state index contributed by atoms with van der Waals surface area (Å²) >= 11 is 0. The molecule has 1 aliphatic rings. The number of hydrogen-bond acceptors (Lipinski definition) is 1. The number of amides is 1. The fourth-order valence-electron chi connectivity index (χ4n) is 2.63. The number of likely N-dealkylation sites (N-methyl/N-ethyl adjacent to an activating group) is 1. The van der Waals surface area contributed by atoms with E-state index in [-0.39, 0.29) is 11.7 Å². The molecule has 0 aromatic heterocycles. The number of hydrogen-bond donors (Lipinski definition) is 0. The van der Waals surface area contributed by atoms with Crippen LogP contribution in [0.25, 0.3) is 11.1 Å². The Morgan fingerprint density at radius 1 is 1.16 bits per heavy atom. The van der Waals surface area contributed by atoms with Crippen LogP contribution in [0, 0.1) is 5.82 Å².